The van der Waals surface area contributed by atoms with Gasteiger partial charge >= 0.3 is 11.9 Å². The molecule has 0 aromatic heterocycles. The summed E-state index contributed by atoms with van der Waals surface area (Å²) in [6.07, 6.45) is 46.9. The van der Waals surface area contributed by atoms with Gasteiger partial charge in [0.25, 0.3) is 7.82 Å². The van der Waals surface area contributed by atoms with E-state index in [9.17, 15) is 19.0 Å². The van der Waals surface area contributed by atoms with E-state index >= 15 is 0 Å². The number of likely N-dealkylation sites (N-methyl/N-ethyl adjacent to an activating group) is 1. The lowest BCUT2D eigenvalue weighted by molar-refractivity contribution is -0.870. The van der Waals surface area contributed by atoms with Crippen LogP contribution in [-0.4, -0.2) is 70.0 Å². The van der Waals surface area contributed by atoms with Crippen molar-refractivity contribution in [2.45, 2.75) is 251 Å². The number of hydrogen-bond donors (Lipinski definition) is 0. The fourth-order valence-electron chi connectivity index (χ4n) is 7.31. The van der Waals surface area contributed by atoms with E-state index < -0.39 is 32.5 Å². The molecule has 356 valence electrons. The monoisotopic (exact) mass is 872 g/mol. The summed E-state index contributed by atoms with van der Waals surface area (Å²) in [4.78, 5) is 37.6. The van der Waals surface area contributed by atoms with Gasteiger partial charge in [-0.3, -0.25) is 14.2 Å². The summed E-state index contributed by atoms with van der Waals surface area (Å²) < 4.78 is 34.0. The van der Waals surface area contributed by atoms with Crippen LogP contribution in [0.2, 0.25) is 0 Å². The second-order valence-electron chi connectivity index (χ2n) is 18.5. The van der Waals surface area contributed by atoms with Crippen LogP contribution < -0.4 is 4.89 Å². The Morgan fingerprint density at radius 2 is 0.867 bits per heavy atom. The summed E-state index contributed by atoms with van der Waals surface area (Å²) >= 11 is 0. The Kier molecular flexibility index (Phi) is 42.1. The summed E-state index contributed by atoms with van der Waals surface area (Å²) in [6, 6.07) is 0. The lowest BCUT2D eigenvalue weighted by Gasteiger charge is -2.28. The molecule has 0 spiro atoms. The second-order valence-corrected chi connectivity index (χ2v) is 20.0. The number of esters is 2. The standard InChI is InChI=1S/C50H98NO8P/c1-6-8-10-12-14-16-18-20-21-22-23-24-25-26-27-28-29-31-32-34-36-38-40-42-49(52)56-46-48(47-58-60(54,55)57-45-44-51(3,4)5)59-50(53)43-41-39-37-35-33-30-19-17-15-13-11-9-7-2/h34,36,48H,6-33,35,37-47H2,1-5H3/b36-34+/t48-/m0/s1. The van der Waals surface area contributed by atoms with Crippen LogP contribution in [0.25, 0.3) is 0 Å². The van der Waals surface area contributed by atoms with Gasteiger partial charge in [-0.05, 0) is 32.1 Å². The molecule has 0 heterocycles. The van der Waals surface area contributed by atoms with Gasteiger partial charge in [-0.15, -0.1) is 0 Å². The molecule has 0 aliphatic carbocycles. The zero-order chi connectivity index (χ0) is 44.3. The molecule has 0 saturated heterocycles. The molecule has 0 aliphatic rings. The van der Waals surface area contributed by atoms with Crippen LogP contribution in [0.3, 0.4) is 0 Å². The molecule has 0 radical (unpaired) electrons. The highest BCUT2D eigenvalue weighted by atomic mass is 31.2. The average Bonchev–Trinajstić information content (AvgIpc) is 3.20. The zero-order valence-electron chi connectivity index (χ0n) is 40.2. The molecule has 0 N–H and O–H groups in total. The lowest BCUT2D eigenvalue weighted by atomic mass is 10.0. The maximum atomic E-state index is 12.7. The zero-order valence-corrected chi connectivity index (χ0v) is 41.1. The molecule has 10 heteroatoms. The molecule has 0 fully saturated rings. The first-order valence-electron chi connectivity index (χ1n) is 25.4. The van der Waals surface area contributed by atoms with Crippen LogP contribution in [0.15, 0.2) is 12.2 Å². The lowest BCUT2D eigenvalue weighted by Crippen LogP contribution is -2.37. The Balaban J connectivity index is 4.19. The van der Waals surface area contributed by atoms with Crippen molar-refractivity contribution in [2.75, 3.05) is 47.5 Å². The van der Waals surface area contributed by atoms with Gasteiger partial charge in [-0.25, -0.2) is 0 Å². The van der Waals surface area contributed by atoms with Gasteiger partial charge in [-0.2, -0.15) is 0 Å². The van der Waals surface area contributed by atoms with Gasteiger partial charge in [-0.1, -0.05) is 212 Å². The van der Waals surface area contributed by atoms with E-state index in [0.29, 0.717) is 23.9 Å². The first kappa shape index (κ1) is 58.8. The molecule has 60 heavy (non-hydrogen) atoms. The summed E-state index contributed by atoms with van der Waals surface area (Å²) in [7, 11) is 1.17. The Morgan fingerprint density at radius 1 is 0.500 bits per heavy atom. The van der Waals surface area contributed by atoms with E-state index in [2.05, 4.69) is 26.0 Å². The summed E-state index contributed by atoms with van der Waals surface area (Å²) in [5, 5.41) is 0. The number of rotatable bonds is 47. The smallest absolute Gasteiger partial charge is 0.306 e. The van der Waals surface area contributed by atoms with E-state index in [1.807, 2.05) is 21.1 Å². The molecular weight excluding hydrogens is 774 g/mol. The molecule has 0 aromatic rings. The number of carbonyl (C=O) groups excluding carboxylic acids is 2. The SMILES string of the molecule is CCCCCCCCCCCCCCCCCCCC/C=C/CCCC(=O)OC[C@@H](COP(=O)([O-])OCC[N+](C)(C)C)OC(=O)CCCCCCCCCCCCCCC. The predicted octanol–water partition coefficient (Wildman–Crippen LogP) is 14.3. The van der Waals surface area contributed by atoms with Crippen molar-refractivity contribution in [2.24, 2.45) is 0 Å². The summed E-state index contributed by atoms with van der Waals surface area (Å²) in [5.74, 6) is -0.858. The Labute approximate surface area is 371 Å². The second kappa shape index (κ2) is 43.0. The number of allylic oxidation sites excluding steroid dienone is 2. The molecule has 0 amide bonds. The number of unbranched alkanes of at least 4 members (excludes halogenated alkanes) is 31. The largest absolute Gasteiger partial charge is 0.756 e. The third-order valence-corrected chi connectivity index (χ3v) is 12.2. The maximum Gasteiger partial charge on any atom is 0.306 e. The number of nitrogens with zero attached hydrogens (tertiary/aromatic N) is 1. The fourth-order valence-corrected chi connectivity index (χ4v) is 8.04. The van der Waals surface area contributed by atoms with Crippen molar-refractivity contribution in [3.05, 3.63) is 12.2 Å². The van der Waals surface area contributed by atoms with Crippen LogP contribution in [0.5, 0.6) is 0 Å². The number of phosphoric ester groups is 1. The maximum absolute atomic E-state index is 12.7. The van der Waals surface area contributed by atoms with Crippen molar-refractivity contribution in [1.82, 2.24) is 0 Å². The van der Waals surface area contributed by atoms with Crippen LogP contribution in [0.4, 0.5) is 0 Å². The summed E-state index contributed by atoms with van der Waals surface area (Å²) in [6.45, 7) is 4.24. The normalized spacial score (nSPS) is 13.5. The van der Waals surface area contributed by atoms with Crippen LogP contribution in [0.1, 0.15) is 245 Å². The average molecular weight is 872 g/mol. The highest BCUT2D eigenvalue weighted by Crippen LogP contribution is 2.38. The number of hydrogen-bond acceptors (Lipinski definition) is 8. The van der Waals surface area contributed by atoms with E-state index in [1.165, 1.54) is 180 Å². The minimum Gasteiger partial charge on any atom is -0.756 e. The Morgan fingerprint density at radius 3 is 1.28 bits per heavy atom. The van der Waals surface area contributed by atoms with Crippen molar-refractivity contribution in [3.63, 3.8) is 0 Å². The highest BCUT2D eigenvalue weighted by Gasteiger charge is 2.21. The van der Waals surface area contributed by atoms with Gasteiger partial charge in [0.05, 0.1) is 27.7 Å². The van der Waals surface area contributed by atoms with E-state index in [4.69, 9.17) is 18.5 Å². The molecule has 0 bridgehead atoms. The fraction of sp³-hybridized carbons (Fsp3) is 0.920. The highest BCUT2D eigenvalue weighted by molar-refractivity contribution is 7.45. The molecule has 1 unspecified atom stereocenters. The topological polar surface area (TPSA) is 111 Å². The first-order chi connectivity index (χ1) is 29.0. The van der Waals surface area contributed by atoms with Crippen molar-refractivity contribution >= 4 is 19.8 Å². The van der Waals surface area contributed by atoms with Crippen LogP contribution in [0, 0.1) is 0 Å². The number of carbonyl (C=O) groups is 2. The van der Waals surface area contributed by atoms with Gasteiger partial charge in [0, 0.05) is 12.8 Å². The molecular formula is C50H98NO8P. The molecule has 9 nitrogen and oxygen atoms in total. The number of ether oxygens (including phenoxy) is 2. The van der Waals surface area contributed by atoms with Gasteiger partial charge in [0.1, 0.15) is 19.8 Å². The minimum atomic E-state index is -4.63. The van der Waals surface area contributed by atoms with Gasteiger partial charge < -0.3 is 27.9 Å². The predicted molar refractivity (Wildman–Crippen MR) is 250 cm³/mol. The third kappa shape index (κ3) is 46.3. The van der Waals surface area contributed by atoms with Crippen LogP contribution in [-0.2, 0) is 32.7 Å². The molecule has 0 aliphatic heterocycles. The van der Waals surface area contributed by atoms with E-state index in [1.54, 1.807) is 0 Å². The van der Waals surface area contributed by atoms with Crippen LogP contribution >= 0.6 is 7.82 Å². The quantitative estimate of drug-likeness (QED) is 0.0195. The number of quaternary nitrogens is 1. The minimum absolute atomic E-state index is 0.0310. The molecule has 0 aromatic carbocycles. The summed E-state index contributed by atoms with van der Waals surface area (Å²) in [5.41, 5.74) is 0. The molecule has 0 rings (SSSR count). The number of phosphoric acid groups is 1. The van der Waals surface area contributed by atoms with E-state index in [0.717, 1.165) is 25.7 Å². The molecule has 2 atom stereocenters. The van der Waals surface area contributed by atoms with Crippen molar-refractivity contribution in [1.29, 1.82) is 0 Å². The Bertz CT molecular complexity index is 1030. The van der Waals surface area contributed by atoms with Gasteiger partial charge in [0.2, 0.25) is 0 Å². The van der Waals surface area contributed by atoms with E-state index in [-0.39, 0.29) is 26.1 Å². The Hall–Kier alpha value is -1.25. The van der Waals surface area contributed by atoms with Crippen molar-refractivity contribution < 1.29 is 42.1 Å². The third-order valence-electron chi connectivity index (χ3n) is 11.3. The van der Waals surface area contributed by atoms with Crippen molar-refractivity contribution in [3.8, 4) is 0 Å². The first-order valence-corrected chi connectivity index (χ1v) is 26.9. The van der Waals surface area contributed by atoms with Gasteiger partial charge in [0.15, 0.2) is 6.10 Å². The molecule has 0 saturated carbocycles.